The van der Waals surface area contributed by atoms with Crippen LogP contribution in [0.3, 0.4) is 0 Å². The summed E-state index contributed by atoms with van der Waals surface area (Å²) >= 11 is 3.67. The summed E-state index contributed by atoms with van der Waals surface area (Å²) in [4.78, 5) is 13.2. The van der Waals surface area contributed by atoms with Gasteiger partial charge in [0.15, 0.2) is 5.78 Å². The number of carbonyl (C=O) groups is 1. The van der Waals surface area contributed by atoms with Crippen LogP contribution in [0, 0.1) is 19.8 Å². The lowest BCUT2D eigenvalue weighted by Gasteiger charge is -2.33. The second-order valence-electron chi connectivity index (χ2n) is 7.17. The number of benzene rings is 2. The van der Waals surface area contributed by atoms with Gasteiger partial charge in [-0.3, -0.25) is 4.79 Å². The minimum Gasteiger partial charge on any atom is -0.377 e. The summed E-state index contributed by atoms with van der Waals surface area (Å²) in [7, 11) is 1.76. The van der Waals surface area contributed by atoms with E-state index >= 15 is 0 Å². The maximum Gasteiger partial charge on any atom is 0.169 e. The number of methoxy groups -OCH3 is 1. The zero-order valence-corrected chi connectivity index (χ0v) is 15.9. The van der Waals surface area contributed by atoms with E-state index in [2.05, 4.69) is 54.0 Å². The monoisotopic (exact) mass is 384 g/mol. The summed E-state index contributed by atoms with van der Waals surface area (Å²) in [5, 5.41) is 0. The molecule has 0 heterocycles. The molecule has 1 unspecified atom stereocenters. The van der Waals surface area contributed by atoms with Gasteiger partial charge in [0.1, 0.15) is 0 Å². The molecule has 0 amide bonds. The number of Topliss-reactive ketones (excluding diaryl/α,β-unsaturated/α-hetero) is 1. The maximum atomic E-state index is 13.2. The van der Waals surface area contributed by atoms with Crippen LogP contribution in [0.1, 0.15) is 38.2 Å². The normalized spacial score (nSPS) is 21.0. The van der Waals surface area contributed by atoms with E-state index in [1.807, 2.05) is 6.07 Å². The predicted octanol–water partition coefficient (Wildman–Crippen LogP) is 4.60. The van der Waals surface area contributed by atoms with Crippen molar-refractivity contribution in [3.63, 3.8) is 0 Å². The van der Waals surface area contributed by atoms with Gasteiger partial charge < -0.3 is 4.74 Å². The smallest absolute Gasteiger partial charge is 0.169 e. The summed E-state index contributed by atoms with van der Waals surface area (Å²) < 4.78 is 7.16. The zero-order chi connectivity index (χ0) is 17.1. The molecule has 124 valence electrons. The number of ether oxygens (including phenoxy) is 1. The third-order valence-electron chi connectivity index (χ3n) is 5.94. The molecule has 0 saturated heterocycles. The van der Waals surface area contributed by atoms with Gasteiger partial charge in [0.2, 0.25) is 0 Å². The van der Waals surface area contributed by atoms with Gasteiger partial charge in [0.05, 0.1) is 11.5 Å². The van der Waals surface area contributed by atoms with Crippen LogP contribution in [0.15, 0.2) is 34.8 Å². The van der Waals surface area contributed by atoms with Crippen LogP contribution in [0.2, 0.25) is 0 Å². The Hall–Kier alpha value is -1.45. The van der Waals surface area contributed by atoms with Gasteiger partial charge in [0.25, 0.3) is 0 Å². The Morgan fingerprint density at radius 3 is 2.38 bits per heavy atom. The van der Waals surface area contributed by atoms with Crippen LogP contribution in [-0.4, -0.2) is 18.5 Å². The Labute approximate surface area is 151 Å². The predicted molar refractivity (Wildman–Crippen MR) is 98.7 cm³/mol. The van der Waals surface area contributed by atoms with E-state index in [0.29, 0.717) is 0 Å². The van der Waals surface area contributed by atoms with Crippen molar-refractivity contribution in [2.45, 2.75) is 38.7 Å². The quantitative estimate of drug-likeness (QED) is 0.755. The van der Waals surface area contributed by atoms with Crippen molar-refractivity contribution < 1.29 is 9.53 Å². The van der Waals surface area contributed by atoms with Crippen molar-refractivity contribution in [1.29, 1.82) is 0 Å². The third kappa shape index (κ3) is 2.14. The van der Waals surface area contributed by atoms with E-state index in [-0.39, 0.29) is 11.7 Å². The summed E-state index contributed by atoms with van der Waals surface area (Å²) in [6.07, 6.45) is 2.42. The van der Waals surface area contributed by atoms with Crippen LogP contribution in [0.5, 0.6) is 0 Å². The van der Waals surface area contributed by atoms with Crippen LogP contribution in [0.4, 0.5) is 0 Å². The number of rotatable bonds is 2. The van der Waals surface area contributed by atoms with Crippen LogP contribution in [0.25, 0.3) is 0 Å². The first kappa shape index (κ1) is 16.0. The summed E-state index contributed by atoms with van der Waals surface area (Å²) in [5.74, 6) is 0.149. The van der Waals surface area contributed by atoms with Crippen molar-refractivity contribution in [2.75, 3.05) is 7.11 Å². The van der Waals surface area contributed by atoms with Crippen molar-refractivity contribution in [1.82, 2.24) is 0 Å². The van der Waals surface area contributed by atoms with Gasteiger partial charge in [-0.25, -0.2) is 0 Å². The highest BCUT2D eigenvalue weighted by Gasteiger charge is 2.50. The van der Waals surface area contributed by atoms with Gasteiger partial charge in [-0.2, -0.15) is 0 Å². The molecule has 0 fully saturated rings. The molecule has 0 bridgehead atoms. The minimum atomic E-state index is -0.410. The van der Waals surface area contributed by atoms with Gasteiger partial charge in [-0.15, -0.1) is 0 Å². The van der Waals surface area contributed by atoms with Crippen molar-refractivity contribution >= 4 is 21.7 Å². The zero-order valence-electron chi connectivity index (χ0n) is 14.3. The fourth-order valence-electron chi connectivity index (χ4n) is 4.53. The van der Waals surface area contributed by atoms with Crippen LogP contribution in [-0.2, 0) is 24.0 Å². The number of carbonyl (C=O) groups excluding carboxylic acids is 1. The maximum absolute atomic E-state index is 13.2. The van der Waals surface area contributed by atoms with Crippen LogP contribution < -0.4 is 0 Å². The molecule has 24 heavy (non-hydrogen) atoms. The fourth-order valence-corrected chi connectivity index (χ4v) is 4.89. The Balaban J connectivity index is 1.76. The number of ketones is 1. The first-order valence-electron chi connectivity index (χ1n) is 8.41. The van der Waals surface area contributed by atoms with Crippen LogP contribution >= 0.6 is 15.9 Å². The van der Waals surface area contributed by atoms with E-state index in [1.54, 1.807) is 7.11 Å². The molecule has 0 radical (unpaired) electrons. The number of aryl methyl sites for hydroxylation is 1. The summed E-state index contributed by atoms with van der Waals surface area (Å²) in [5.41, 5.74) is 6.63. The number of halogens is 1. The van der Waals surface area contributed by atoms with E-state index < -0.39 is 5.60 Å². The first-order chi connectivity index (χ1) is 11.5. The molecule has 0 N–H and O–H groups in total. The molecule has 0 spiro atoms. The Bertz CT molecular complexity index is 828. The molecule has 0 aromatic heterocycles. The molecule has 0 saturated carbocycles. The fraction of sp³-hybridized carbons (Fsp3) is 0.381. The molecule has 3 heteroatoms. The molecule has 2 aliphatic carbocycles. The van der Waals surface area contributed by atoms with Gasteiger partial charge in [-0.1, -0.05) is 40.2 Å². The molecule has 2 aliphatic rings. The highest BCUT2D eigenvalue weighted by atomic mass is 79.9. The molecule has 0 aliphatic heterocycles. The topological polar surface area (TPSA) is 26.3 Å². The Morgan fingerprint density at radius 1 is 1.17 bits per heavy atom. The minimum absolute atomic E-state index is 0.0997. The number of hydrogen-bond donors (Lipinski definition) is 0. The number of hydrogen-bond acceptors (Lipinski definition) is 2. The standard InChI is InChI=1S/C21H21BrO2/c1-12-8-17-16(13(2)19(12)22)9-18(20(17)23)21(24-3)10-14-6-4-5-7-15(14)11-21/h4-8,18H,9-11H2,1-3H3. The van der Waals surface area contributed by atoms with Crippen molar-refractivity contribution in [2.24, 2.45) is 5.92 Å². The lowest BCUT2D eigenvalue weighted by Crippen LogP contribution is -2.44. The second kappa shape index (κ2) is 5.53. The highest BCUT2D eigenvalue weighted by molar-refractivity contribution is 9.10. The third-order valence-corrected chi connectivity index (χ3v) is 7.16. The first-order valence-corrected chi connectivity index (χ1v) is 9.21. The average molecular weight is 385 g/mol. The highest BCUT2D eigenvalue weighted by Crippen LogP contribution is 2.45. The largest absolute Gasteiger partial charge is 0.377 e. The summed E-state index contributed by atoms with van der Waals surface area (Å²) in [6, 6.07) is 10.5. The SMILES string of the molecule is COC1(C2Cc3c(cc(C)c(Br)c3C)C2=O)Cc2ccccc2C1. The van der Waals surface area contributed by atoms with Gasteiger partial charge >= 0.3 is 0 Å². The number of fused-ring (bicyclic) bond motifs is 2. The molecular weight excluding hydrogens is 364 g/mol. The van der Waals surface area contributed by atoms with E-state index in [0.717, 1.165) is 34.9 Å². The molecule has 4 rings (SSSR count). The lowest BCUT2D eigenvalue weighted by molar-refractivity contribution is -0.0385. The lowest BCUT2D eigenvalue weighted by atomic mass is 9.81. The van der Waals surface area contributed by atoms with Gasteiger partial charge in [-0.05, 0) is 54.2 Å². The molecule has 1 atom stereocenters. The summed E-state index contributed by atoms with van der Waals surface area (Å²) in [6.45, 7) is 4.16. The Kier molecular flexibility index (Phi) is 3.70. The van der Waals surface area contributed by atoms with E-state index in [4.69, 9.17) is 4.74 Å². The Morgan fingerprint density at radius 2 is 1.79 bits per heavy atom. The molecule has 2 nitrogen and oxygen atoms in total. The molecule has 2 aromatic rings. The van der Waals surface area contributed by atoms with E-state index in [1.165, 1.54) is 22.3 Å². The molecular formula is C21H21BrO2. The van der Waals surface area contributed by atoms with Gasteiger partial charge in [0, 0.05) is 30.0 Å². The van der Waals surface area contributed by atoms with Crippen molar-refractivity contribution in [3.05, 3.63) is 68.2 Å². The van der Waals surface area contributed by atoms with E-state index in [9.17, 15) is 4.79 Å². The average Bonchev–Trinajstić information content (AvgIpc) is 3.12. The van der Waals surface area contributed by atoms with Crippen molar-refractivity contribution in [3.8, 4) is 0 Å². The molecule has 2 aromatic carbocycles. The second-order valence-corrected chi connectivity index (χ2v) is 7.96.